The van der Waals surface area contributed by atoms with Crippen LogP contribution in [0.4, 0.5) is 0 Å². The molecule has 0 aromatic heterocycles. The summed E-state index contributed by atoms with van der Waals surface area (Å²) in [5, 5.41) is 0.796. The Balaban J connectivity index is 3.26. The van der Waals surface area contributed by atoms with E-state index in [0.29, 0.717) is 13.0 Å². The lowest BCUT2D eigenvalue weighted by Gasteiger charge is -2.05. The van der Waals surface area contributed by atoms with Gasteiger partial charge in [0.15, 0.2) is 0 Å². The van der Waals surface area contributed by atoms with Crippen LogP contribution in [0.1, 0.15) is 13.3 Å². The minimum Gasteiger partial charge on any atom is -0.464 e. The molecule has 0 radical (unpaired) electrons. The normalized spacial score (nSPS) is 12.7. The third kappa shape index (κ3) is 5.23. The number of rotatable bonds is 4. The fourth-order valence-electron chi connectivity index (χ4n) is 0.330. The largest absolute Gasteiger partial charge is 0.464 e. The van der Waals surface area contributed by atoms with E-state index in [9.17, 15) is 4.79 Å². The molecule has 0 unspecified atom stereocenters. The third-order valence-electron chi connectivity index (χ3n) is 0.881. The molecule has 0 saturated heterocycles. The Morgan fingerprint density at radius 3 is 2.70 bits per heavy atom. The van der Waals surface area contributed by atoms with Gasteiger partial charge in [-0.2, -0.15) is 0 Å². The molecule has 0 aliphatic carbocycles. The van der Waals surface area contributed by atoms with Crippen molar-refractivity contribution in [3.8, 4) is 0 Å². The van der Waals surface area contributed by atoms with Crippen molar-refractivity contribution in [2.24, 2.45) is 0 Å². The van der Waals surface area contributed by atoms with Crippen LogP contribution in [0, 0.1) is 0 Å². The molecule has 0 heterocycles. The summed E-state index contributed by atoms with van der Waals surface area (Å²) in [6, 6.07) is 0. The standard InChI is InChI=1S/C6H10Br2O2/c1-2-6(9)10-4-5(8)3-7/h5H,2-4H2,1H3/t5-/m1/s1. The predicted octanol–water partition coefficient (Wildman–Crippen LogP) is 2.10. The Bertz CT molecular complexity index is 106. The number of carbonyl (C=O) groups is 1. The highest BCUT2D eigenvalue weighted by atomic mass is 79.9. The molecule has 2 nitrogen and oxygen atoms in total. The Kier molecular flexibility index (Phi) is 6.43. The molecule has 0 saturated carbocycles. The average Bonchev–Trinajstić information content (AvgIpc) is 1.99. The molecule has 4 heteroatoms. The molecular formula is C6H10Br2O2. The first-order chi connectivity index (χ1) is 4.70. The fraction of sp³-hybridized carbons (Fsp3) is 0.833. The third-order valence-corrected chi connectivity index (χ3v) is 3.12. The maximum Gasteiger partial charge on any atom is 0.305 e. The molecule has 0 rings (SSSR count). The highest BCUT2D eigenvalue weighted by Gasteiger charge is 2.04. The molecular weight excluding hydrogens is 264 g/mol. The minimum atomic E-state index is -0.148. The molecule has 0 amide bonds. The zero-order valence-corrected chi connectivity index (χ0v) is 8.94. The van der Waals surface area contributed by atoms with Gasteiger partial charge in [0.05, 0.1) is 4.83 Å². The van der Waals surface area contributed by atoms with Crippen molar-refractivity contribution in [2.75, 3.05) is 11.9 Å². The number of ether oxygens (including phenoxy) is 1. The molecule has 0 aromatic rings. The van der Waals surface area contributed by atoms with Gasteiger partial charge in [0.1, 0.15) is 6.61 Å². The van der Waals surface area contributed by atoms with E-state index in [4.69, 9.17) is 4.74 Å². The highest BCUT2D eigenvalue weighted by Crippen LogP contribution is 2.03. The van der Waals surface area contributed by atoms with Crippen LogP contribution in [-0.2, 0) is 9.53 Å². The van der Waals surface area contributed by atoms with E-state index in [-0.39, 0.29) is 10.8 Å². The van der Waals surface area contributed by atoms with Crippen molar-refractivity contribution in [2.45, 2.75) is 18.2 Å². The average molecular weight is 274 g/mol. The zero-order chi connectivity index (χ0) is 7.98. The smallest absolute Gasteiger partial charge is 0.305 e. The second kappa shape index (κ2) is 6.16. The lowest BCUT2D eigenvalue weighted by molar-refractivity contribution is -0.143. The zero-order valence-electron chi connectivity index (χ0n) is 5.77. The first kappa shape index (κ1) is 10.4. The SMILES string of the molecule is CCC(=O)OC[C@H](Br)CBr. The van der Waals surface area contributed by atoms with Crippen LogP contribution in [0.25, 0.3) is 0 Å². The topological polar surface area (TPSA) is 26.3 Å². The van der Waals surface area contributed by atoms with Gasteiger partial charge in [-0.25, -0.2) is 0 Å². The number of hydrogen-bond acceptors (Lipinski definition) is 2. The van der Waals surface area contributed by atoms with Gasteiger partial charge in [-0.15, -0.1) is 0 Å². The second-order valence-corrected chi connectivity index (χ2v) is 3.73. The molecule has 0 spiro atoms. The van der Waals surface area contributed by atoms with Gasteiger partial charge in [-0.1, -0.05) is 38.8 Å². The highest BCUT2D eigenvalue weighted by molar-refractivity contribution is 9.12. The predicted molar refractivity (Wildman–Crippen MR) is 47.8 cm³/mol. The molecule has 0 N–H and O–H groups in total. The van der Waals surface area contributed by atoms with Gasteiger partial charge in [0.25, 0.3) is 0 Å². The summed E-state index contributed by atoms with van der Waals surface area (Å²) in [7, 11) is 0. The first-order valence-corrected chi connectivity index (χ1v) is 5.10. The van der Waals surface area contributed by atoms with E-state index < -0.39 is 0 Å². The molecule has 0 aliphatic rings. The summed E-state index contributed by atoms with van der Waals surface area (Å²) in [6.07, 6.45) is 0.446. The van der Waals surface area contributed by atoms with Gasteiger partial charge in [-0.05, 0) is 0 Å². The van der Waals surface area contributed by atoms with Crippen LogP contribution < -0.4 is 0 Å². The Labute approximate surface area is 77.6 Å². The first-order valence-electron chi connectivity index (χ1n) is 3.06. The van der Waals surface area contributed by atoms with Crippen LogP contribution in [0.5, 0.6) is 0 Å². The van der Waals surface area contributed by atoms with Crippen molar-refractivity contribution < 1.29 is 9.53 Å². The Hall–Kier alpha value is 0.430. The Morgan fingerprint density at radius 1 is 1.70 bits per heavy atom. The number of halogens is 2. The molecule has 0 bridgehead atoms. The quantitative estimate of drug-likeness (QED) is 0.579. The van der Waals surface area contributed by atoms with Crippen LogP contribution in [0.2, 0.25) is 0 Å². The van der Waals surface area contributed by atoms with Gasteiger partial charge in [0, 0.05) is 11.8 Å². The van der Waals surface area contributed by atoms with E-state index in [0.717, 1.165) is 5.33 Å². The Morgan fingerprint density at radius 2 is 2.30 bits per heavy atom. The summed E-state index contributed by atoms with van der Waals surface area (Å²) in [4.78, 5) is 10.8. The summed E-state index contributed by atoms with van der Waals surface area (Å²) in [6.45, 7) is 2.22. The second-order valence-electron chi connectivity index (χ2n) is 1.79. The van der Waals surface area contributed by atoms with Crippen molar-refractivity contribution in [3.05, 3.63) is 0 Å². The van der Waals surface area contributed by atoms with Crippen molar-refractivity contribution in [1.29, 1.82) is 0 Å². The fourth-order valence-corrected chi connectivity index (χ4v) is 0.649. The van der Waals surface area contributed by atoms with Crippen molar-refractivity contribution in [1.82, 2.24) is 0 Å². The number of carbonyl (C=O) groups excluding carboxylic acids is 1. The molecule has 0 fully saturated rings. The summed E-state index contributed by atoms with van der Waals surface area (Å²) in [5.74, 6) is -0.148. The number of hydrogen-bond donors (Lipinski definition) is 0. The van der Waals surface area contributed by atoms with Crippen LogP contribution >= 0.6 is 31.9 Å². The lowest BCUT2D eigenvalue weighted by atomic mass is 10.5. The van der Waals surface area contributed by atoms with E-state index >= 15 is 0 Å². The molecule has 0 aromatic carbocycles. The molecule has 1 atom stereocenters. The summed E-state index contributed by atoms with van der Waals surface area (Å²) < 4.78 is 4.83. The summed E-state index contributed by atoms with van der Waals surface area (Å²) >= 11 is 6.56. The van der Waals surface area contributed by atoms with Gasteiger partial charge in [-0.3, -0.25) is 4.79 Å². The lowest BCUT2D eigenvalue weighted by Crippen LogP contribution is -2.13. The maximum absolute atomic E-state index is 10.6. The number of esters is 1. The van der Waals surface area contributed by atoms with Gasteiger partial charge in [0.2, 0.25) is 0 Å². The summed E-state index contributed by atoms with van der Waals surface area (Å²) in [5.41, 5.74) is 0. The minimum absolute atomic E-state index is 0.148. The van der Waals surface area contributed by atoms with E-state index in [2.05, 4.69) is 31.9 Å². The van der Waals surface area contributed by atoms with Gasteiger partial charge >= 0.3 is 5.97 Å². The monoisotopic (exact) mass is 272 g/mol. The van der Waals surface area contributed by atoms with Gasteiger partial charge < -0.3 is 4.74 Å². The van der Waals surface area contributed by atoms with E-state index in [1.54, 1.807) is 6.92 Å². The van der Waals surface area contributed by atoms with Crippen molar-refractivity contribution in [3.63, 3.8) is 0 Å². The van der Waals surface area contributed by atoms with Crippen LogP contribution in [0.15, 0.2) is 0 Å². The van der Waals surface area contributed by atoms with E-state index in [1.807, 2.05) is 0 Å². The van der Waals surface area contributed by atoms with Crippen LogP contribution in [-0.4, -0.2) is 22.7 Å². The molecule has 10 heavy (non-hydrogen) atoms. The molecule has 0 aliphatic heterocycles. The van der Waals surface area contributed by atoms with Crippen LogP contribution in [0.3, 0.4) is 0 Å². The van der Waals surface area contributed by atoms with Crippen molar-refractivity contribution >= 4 is 37.8 Å². The number of alkyl halides is 2. The van der Waals surface area contributed by atoms with E-state index in [1.165, 1.54) is 0 Å². The maximum atomic E-state index is 10.6. The molecule has 60 valence electrons.